The maximum absolute atomic E-state index is 8.58. The molecule has 0 spiro atoms. The molecule has 19 aromatic carbocycles. The van der Waals surface area contributed by atoms with Crippen LogP contribution in [0.25, 0.3) is 133 Å². The van der Waals surface area contributed by atoms with Gasteiger partial charge < -0.3 is 53.4 Å². The monoisotopic (exact) mass is 1960 g/mol. The van der Waals surface area contributed by atoms with Crippen molar-refractivity contribution in [2.75, 3.05) is 10.2 Å². The first-order valence-electron chi connectivity index (χ1n) is 41.2. The predicted octanol–water partition coefficient (Wildman–Crippen LogP) is 28.3. The van der Waals surface area contributed by atoms with Gasteiger partial charge in [0.2, 0.25) is 0 Å². The fourth-order valence-corrected chi connectivity index (χ4v) is 17.4. The molecule has 21 aromatic rings. The van der Waals surface area contributed by atoms with Crippen molar-refractivity contribution in [3.63, 3.8) is 0 Å². The van der Waals surface area contributed by atoms with Gasteiger partial charge in [-0.15, -0.1) is 0 Å². The lowest BCUT2D eigenvalue weighted by atomic mass is 9.81. The molecular formula is C114H84BBr2I2N4O2-. The number of anilines is 5. The van der Waals surface area contributed by atoms with E-state index in [0.29, 0.717) is 5.46 Å². The standard InChI is InChI=1S/C48H34N2.C30H22N2.C18H13Br.C12H8BrI.C6H7BO2.HI/c1-4-15-35(16-5-1)37-27-29-41(30-28-37)49(46-25-12-10-23-43(46)39-20-14-19-38(33-39)36-17-6-2-7-18-36)42-31-32-45-44-24-11-13-26-47(44)50(48(45)34-42)40-21-8-3-9-22-40;1-3-9-22(10-4-1)23-15-17-24(18-16-23)31-25-19-20-28-27-13-7-8-14-29(27)32(30(28)21-25)26-11-5-2-6-12-26;19-18-12-5-4-11-17(18)16-10-6-9-15(13-16)14-7-2-1-3-8-14;13-12-7-2-1-6-11(12)9-4-3-5-10(14)8-9;8-7(9)6-4-2-1-3-5-6;/h1-34H;1-21,31H;1-13H;1-8H;1-5,8-9H;1H/p-1. The van der Waals surface area contributed by atoms with Crippen LogP contribution < -0.4 is 39.7 Å². The van der Waals surface area contributed by atoms with E-state index >= 15 is 0 Å². The largest absolute Gasteiger partial charge is 1.00 e. The zero-order valence-corrected chi connectivity index (χ0v) is 75.6. The molecule has 0 amide bonds. The van der Waals surface area contributed by atoms with Gasteiger partial charge in [-0.1, -0.05) is 396 Å². The number of hydrogen-bond donors (Lipinski definition) is 3. The van der Waals surface area contributed by atoms with E-state index in [1.807, 2.05) is 30.3 Å². The summed E-state index contributed by atoms with van der Waals surface area (Å²) in [6, 6.07) is 172. The molecule has 0 saturated carbocycles. The zero-order chi connectivity index (χ0) is 84.3. The van der Waals surface area contributed by atoms with E-state index in [4.69, 9.17) is 10.0 Å². The van der Waals surface area contributed by atoms with Gasteiger partial charge in [0, 0.05) is 73.7 Å². The molecule has 0 bridgehead atoms. The Morgan fingerprint density at radius 3 is 1.04 bits per heavy atom. The Morgan fingerprint density at radius 1 is 0.248 bits per heavy atom. The molecule has 2 heterocycles. The van der Waals surface area contributed by atoms with Gasteiger partial charge in [0.1, 0.15) is 0 Å². The van der Waals surface area contributed by atoms with Gasteiger partial charge in [-0.05, 0) is 228 Å². The van der Waals surface area contributed by atoms with E-state index in [9.17, 15) is 0 Å². The summed E-state index contributed by atoms with van der Waals surface area (Å²) in [7, 11) is -1.34. The molecule has 125 heavy (non-hydrogen) atoms. The van der Waals surface area contributed by atoms with Gasteiger partial charge in [0.15, 0.2) is 0 Å². The van der Waals surface area contributed by atoms with Crippen LogP contribution in [0, 0.1) is 3.57 Å². The van der Waals surface area contributed by atoms with E-state index in [0.717, 1.165) is 43.1 Å². The molecule has 21 rings (SSSR count). The first-order chi connectivity index (χ1) is 61.1. The first kappa shape index (κ1) is 85.4. The topological polar surface area (TPSA) is 65.6 Å². The molecular weight excluding hydrogens is 1880 g/mol. The number of para-hydroxylation sites is 5. The Kier molecular flexibility index (Phi) is 28.2. The smallest absolute Gasteiger partial charge is 0.488 e. The lowest BCUT2D eigenvalue weighted by Gasteiger charge is -2.28. The molecule has 0 atom stereocenters. The fraction of sp³-hybridized carbons (Fsp3) is 0. The van der Waals surface area contributed by atoms with Crippen LogP contribution in [-0.2, 0) is 0 Å². The molecule has 0 aliphatic carbocycles. The summed E-state index contributed by atoms with van der Waals surface area (Å²) in [6.07, 6.45) is 0. The van der Waals surface area contributed by atoms with Crippen LogP contribution in [0.4, 0.5) is 28.4 Å². The van der Waals surface area contributed by atoms with Gasteiger partial charge in [0.05, 0.1) is 27.8 Å². The van der Waals surface area contributed by atoms with Crippen LogP contribution in [0.1, 0.15) is 0 Å². The third-order valence-corrected chi connectivity index (χ3v) is 23.9. The molecule has 0 fully saturated rings. The van der Waals surface area contributed by atoms with Crippen LogP contribution in [0.2, 0.25) is 0 Å². The molecule has 0 unspecified atom stereocenters. The molecule has 0 aliphatic rings. The van der Waals surface area contributed by atoms with Crippen LogP contribution >= 0.6 is 54.5 Å². The third kappa shape index (κ3) is 20.4. The van der Waals surface area contributed by atoms with Crippen LogP contribution in [-0.4, -0.2) is 26.3 Å². The van der Waals surface area contributed by atoms with E-state index in [2.05, 4.69) is 511 Å². The van der Waals surface area contributed by atoms with Gasteiger partial charge in [-0.25, -0.2) is 0 Å². The number of halogens is 4. The summed E-state index contributed by atoms with van der Waals surface area (Å²) in [6.45, 7) is 0. The second-order valence-corrected chi connectivity index (χ2v) is 32.7. The second kappa shape index (κ2) is 41.3. The Bertz CT molecular complexity index is 7130. The van der Waals surface area contributed by atoms with Crippen molar-refractivity contribution >= 4 is 139 Å². The number of fused-ring (bicyclic) bond motifs is 6. The van der Waals surface area contributed by atoms with Gasteiger partial charge >= 0.3 is 7.12 Å². The lowest BCUT2D eigenvalue weighted by Crippen LogP contribution is -3.00. The lowest BCUT2D eigenvalue weighted by molar-refractivity contribution is -0.0000253. The molecule has 6 nitrogen and oxygen atoms in total. The molecule has 0 aliphatic heterocycles. The molecule has 11 heteroatoms. The van der Waals surface area contributed by atoms with Crippen molar-refractivity contribution in [1.29, 1.82) is 0 Å². The number of aromatic nitrogens is 2. The van der Waals surface area contributed by atoms with Crippen molar-refractivity contribution in [3.05, 3.63) is 504 Å². The van der Waals surface area contributed by atoms with Crippen molar-refractivity contribution in [3.8, 4) is 89.3 Å². The van der Waals surface area contributed by atoms with Gasteiger partial charge in [-0.3, -0.25) is 0 Å². The highest BCUT2D eigenvalue weighted by molar-refractivity contribution is 14.1. The Balaban J connectivity index is 0.000000130. The van der Waals surface area contributed by atoms with Gasteiger partial charge in [-0.2, -0.15) is 0 Å². The van der Waals surface area contributed by atoms with E-state index in [-0.39, 0.29) is 24.0 Å². The highest BCUT2D eigenvalue weighted by atomic mass is 127. The maximum atomic E-state index is 8.58. The Hall–Kier alpha value is -13.2. The summed E-state index contributed by atoms with van der Waals surface area (Å²) in [5.74, 6) is 0. The second-order valence-electron chi connectivity index (χ2n) is 29.8. The molecule has 2 aromatic heterocycles. The number of hydrogen-bond acceptors (Lipinski definition) is 4. The average Bonchev–Trinajstić information content (AvgIpc) is 1.62. The number of nitrogens with zero attached hydrogens (tertiary/aromatic N) is 3. The number of nitrogens with one attached hydrogen (secondary N) is 1. The molecule has 3 N–H and O–H groups in total. The zero-order valence-electron chi connectivity index (χ0n) is 68.1. The maximum Gasteiger partial charge on any atom is 0.488 e. The summed E-state index contributed by atoms with van der Waals surface area (Å²) in [4.78, 5) is 2.41. The van der Waals surface area contributed by atoms with Crippen LogP contribution in [0.5, 0.6) is 0 Å². The number of benzene rings is 19. The molecule has 0 radical (unpaired) electrons. The quantitative estimate of drug-likeness (QED) is 0.0707. The minimum Gasteiger partial charge on any atom is -1.00 e. The first-order valence-corrected chi connectivity index (χ1v) is 43.9. The summed E-state index contributed by atoms with van der Waals surface area (Å²) >= 11 is 9.50. The highest BCUT2D eigenvalue weighted by Crippen LogP contribution is 2.45. The predicted molar refractivity (Wildman–Crippen MR) is 541 cm³/mol. The van der Waals surface area contributed by atoms with Crippen molar-refractivity contribution in [1.82, 2.24) is 9.13 Å². The molecule has 0 saturated heterocycles. The van der Waals surface area contributed by atoms with E-state index in [1.54, 1.807) is 24.3 Å². The number of rotatable bonds is 15. The van der Waals surface area contributed by atoms with E-state index < -0.39 is 7.12 Å². The highest BCUT2D eigenvalue weighted by Gasteiger charge is 2.22. The summed E-state index contributed by atoms with van der Waals surface area (Å²) in [5, 5.41) is 25.7. The minimum atomic E-state index is -1.34. The normalized spacial score (nSPS) is 10.7. The van der Waals surface area contributed by atoms with Crippen LogP contribution in [0.15, 0.2) is 500 Å². The summed E-state index contributed by atoms with van der Waals surface area (Å²) in [5.41, 5.74) is 30.1. The Morgan fingerprint density at radius 2 is 0.576 bits per heavy atom. The fourth-order valence-electron chi connectivity index (χ4n) is 15.8. The Labute approximate surface area is 778 Å². The third-order valence-electron chi connectivity index (χ3n) is 21.8. The minimum absolute atomic E-state index is 0. The van der Waals surface area contributed by atoms with Crippen molar-refractivity contribution in [2.45, 2.75) is 0 Å². The average molecular weight is 1970 g/mol. The van der Waals surface area contributed by atoms with Crippen molar-refractivity contribution < 1.29 is 34.0 Å². The van der Waals surface area contributed by atoms with E-state index in [1.165, 1.54) is 131 Å². The van der Waals surface area contributed by atoms with Crippen molar-refractivity contribution in [2.24, 2.45) is 0 Å². The summed E-state index contributed by atoms with van der Waals surface area (Å²) < 4.78 is 8.26. The molecule has 604 valence electrons. The SMILES string of the molecule is Brc1ccccc1-c1cccc(-c2ccccc2)c1.Brc1ccccc1-c1cccc(I)c1.OB(O)c1ccccc1.[I-].c1ccc(-c2ccc(N(c3ccc4c5ccccc5n(-c5ccccc5)c4c3)c3ccccc3-c3cccc(-c4ccccc4)c3)cc2)cc1.c1ccc(-c2ccc(Nc3ccc4c5ccccc5n(-c5ccccc5)c4c3)cc2)cc1. The van der Waals surface area contributed by atoms with Gasteiger partial charge in [0.25, 0.3) is 0 Å². The van der Waals surface area contributed by atoms with Crippen LogP contribution in [0.3, 0.4) is 0 Å².